The first-order chi connectivity index (χ1) is 17.0. The van der Waals surface area contributed by atoms with E-state index in [1.165, 1.54) is 30.9 Å². The van der Waals surface area contributed by atoms with Crippen molar-refractivity contribution in [3.63, 3.8) is 0 Å². The standard InChI is InChI=1S/C25H29F2N3O5/c1-33-22-8-5-16(10-23(22)34-2)15-29-24(31)20-11-18(35-19(12-26)13-27)6-7-21(20)30(25(29)32)17-4-3-9-28-14-17/h5-8,10-11,17,19,28H,3-4,9,12-15H2,1-2H3. The molecule has 2 heterocycles. The maximum atomic E-state index is 13.7. The number of nitrogens with one attached hydrogen (secondary N) is 1. The molecule has 0 radical (unpaired) electrons. The summed E-state index contributed by atoms with van der Waals surface area (Å²) in [6, 6.07) is 9.63. The van der Waals surface area contributed by atoms with Gasteiger partial charge in [0.1, 0.15) is 19.1 Å². The third-order valence-corrected chi connectivity index (χ3v) is 6.21. The van der Waals surface area contributed by atoms with Crippen molar-refractivity contribution in [1.82, 2.24) is 14.5 Å². The summed E-state index contributed by atoms with van der Waals surface area (Å²) >= 11 is 0. The monoisotopic (exact) mass is 489 g/mol. The van der Waals surface area contributed by atoms with Crippen LogP contribution >= 0.6 is 0 Å². The fourth-order valence-corrected chi connectivity index (χ4v) is 4.44. The number of piperidine rings is 1. The van der Waals surface area contributed by atoms with Gasteiger partial charge in [0.25, 0.3) is 5.56 Å². The number of hydrogen-bond donors (Lipinski definition) is 1. The molecule has 1 unspecified atom stereocenters. The van der Waals surface area contributed by atoms with E-state index < -0.39 is 30.7 Å². The fraction of sp³-hybridized carbons (Fsp3) is 0.440. The van der Waals surface area contributed by atoms with E-state index in [-0.39, 0.29) is 23.7 Å². The third kappa shape index (κ3) is 5.02. The zero-order valence-corrected chi connectivity index (χ0v) is 19.8. The van der Waals surface area contributed by atoms with Crippen molar-refractivity contribution in [3.8, 4) is 17.2 Å². The highest BCUT2D eigenvalue weighted by molar-refractivity contribution is 5.80. The van der Waals surface area contributed by atoms with Crippen LogP contribution in [-0.4, -0.2) is 55.9 Å². The normalized spacial score (nSPS) is 16.0. The number of aromatic nitrogens is 2. The van der Waals surface area contributed by atoms with Crippen molar-refractivity contribution in [1.29, 1.82) is 0 Å². The fourth-order valence-electron chi connectivity index (χ4n) is 4.44. The van der Waals surface area contributed by atoms with Gasteiger partial charge in [0, 0.05) is 6.54 Å². The molecular weight excluding hydrogens is 460 g/mol. The summed E-state index contributed by atoms with van der Waals surface area (Å²) in [6.45, 7) is -0.526. The second kappa shape index (κ2) is 10.9. The Kier molecular flexibility index (Phi) is 7.70. The van der Waals surface area contributed by atoms with Gasteiger partial charge in [-0.2, -0.15) is 0 Å². The van der Waals surface area contributed by atoms with Crippen LogP contribution in [0.5, 0.6) is 17.2 Å². The van der Waals surface area contributed by atoms with E-state index in [0.29, 0.717) is 29.1 Å². The van der Waals surface area contributed by atoms with E-state index in [2.05, 4.69) is 5.32 Å². The predicted octanol–water partition coefficient (Wildman–Crippen LogP) is 2.84. The number of alkyl halides is 2. The average molecular weight is 490 g/mol. The van der Waals surface area contributed by atoms with Gasteiger partial charge in [-0.1, -0.05) is 6.07 Å². The van der Waals surface area contributed by atoms with E-state index in [4.69, 9.17) is 14.2 Å². The van der Waals surface area contributed by atoms with Crippen LogP contribution in [0.15, 0.2) is 46.0 Å². The Balaban J connectivity index is 1.87. The molecule has 1 fully saturated rings. The first kappa shape index (κ1) is 24.7. The SMILES string of the molecule is COc1ccc(Cn2c(=O)c3cc(OC(CF)CF)ccc3n(C3CCCNC3)c2=O)cc1OC. The van der Waals surface area contributed by atoms with Crippen molar-refractivity contribution >= 4 is 10.9 Å². The number of nitrogens with zero attached hydrogens (tertiary/aromatic N) is 2. The second-order valence-corrected chi connectivity index (χ2v) is 8.46. The van der Waals surface area contributed by atoms with Crippen molar-refractivity contribution in [3.05, 3.63) is 62.8 Å². The number of ether oxygens (including phenoxy) is 3. The Hall–Kier alpha value is -3.40. The van der Waals surface area contributed by atoms with Crippen LogP contribution < -0.4 is 30.8 Å². The molecule has 0 saturated carbocycles. The molecule has 2 aromatic carbocycles. The molecular formula is C25H29F2N3O5. The number of halogens is 2. The van der Waals surface area contributed by atoms with Gasteiger partial charge in [-0.3, -0.25) is 13.9 Å². The van der Waals surface area contributed by atoms with E-state index in [9.17, 15) is 18.4 Å². The number of hydrogen-bond acceptors (Lipinski definition) is 6. The molecule has 0 amide bonds. The molecule has 1 aliphatic heterocycles. The zero-order valence-electron chi connectivity index (χ0n) is 19.8. The Morgan fingerprint density at radius 1 is 1.06 bits per heavy atom. The maximum absolute atomic E-state index is 13.7. The van der Waals surface area contributed by atoms with Gasteiger partial charge in [0.15, 0.2) is 17.6 Å². The number of benzene rings is 2. The molecule has 1 aliphatic rings. The highest BCUT2D eigenvalue weighted by atomic mass is 19.1. The van der Waals surface area contributed by atoms with Gasteiger partial charge in [-0.15, -0.1) is 0 Å². The Morgan fingerprint density at radius 3 is 2.49 bits per heavy atom. The molecule has 4 rings (SSSR count). The van der Waals surface area contributed by atoms with Crippen molar-refractivity contribution in [2.75, 3.05) is 40.7 Å². The number of methoxy groups -OCH3 is 2. The topological polar surface area (TPSA) is 83.7 Å². The average Bonchev–Trinajstić information content (AvgIpc) is 2.90. The first-order valence-electron chi connectivity index (χ1n) is 11.5. The first-order valence-corrected chi connectivity index (χ1v) is 11.5. The molecule has 1 N–H and O–H groups in total. The summed E-state index contributed by atoms with van der Waals surface area (Å²) in [5.74, 6) is 1.18. The van der Waals surface area contributed by atoms with Gasteiger partial charge >= 0.3 is 5.69 Å². The minimum Gasteiger partial charge on any atom is -0.493 e. The summed E-state index contributed by atoms with van der Waals surface area (Å²) in [4.78, 5) is 27.2. The molecule has 188 valence electrons. The quantitative estimate of drug-likeness (QED) is 0.498. The largest absolute Gasteiger partial charge is 0.493 e. The molecule has 1 atom stereocenters. The summed E-state index contributed by atoms with van der Waals surface area (Å²) in [5, 5.41) is 3.54. The van der Waals surface area contributed by atoms with Crippen LogP contribution in [-0.2, 0) is 6.54 Å². The molecule has 1 aromatic heterocycles. The van der Waals surface area contributed by atoms with Crippen LogP contribution in [0.2, 0.25) is 0 Å². The van der Waals surface area contributed by atoms with Gasteiger partial charge in [-0.25, -0.2) is 13.6 Å². The molecule has 0 aliphatic carbocycles. The third-order valence-electron chi connectivity index (χ3n) is 6.21. The zero-order chi connectivity index (χ0) is 24.9. The van der Waals surface area contributed by atoms with Gasteiger partial charge in [-0.05, 0) is 55.3 Å². The predicted molar refractivity (Wildman–Crippen MR) is 129 cm³/mol. The lowest BCUT2D eigenvalue weighted by atomic mass is 10.1. The highest BCUT2D eigenvalue weighted by Gasteiger charge is 2.23. The van der Waals surface area contributed by atoms with E-state index in [0.717, 1.165) is 19.4 Å². The maximum Gasteiger partial charge on any atom is 0.332 e. The van der Waals surface area contributed by atoms with E-state index in [1.807, 2.05) is 0 Å². The van der Waals surface area contributed by atoms with Crippen LogP contribution in [0.1, 0.15) is 24.4 Å². The van der Waals surface area contributed by atoms with Crippen molar-refractivity contribution < 1.29 is 23.0 Å². The molecule has 8 nitrogen and oxygen atoms in total. The van der Waals surface area contributed by atoms with Crippen molar-refractivity contribution in [2.24, 2.45) is 0 Å². The molecule has 0 bridgehead atoms. The van der Waals surface area contributed by atoms with Crippen LogP contribution in [0, 0.1) is 0 Å². The lowest BCUT2D eigenvalue weighted by molar-refractivity contribution is 0.134. The van der Waals surface area contributed by atoms with E-state index in [1.54, 1.807) is 28.8 Å². The minimum absolute atomic E-state index is 0.0107. The number of fused-ring (bicyclic) bond motifs is 1. The van der Waals surface area contributed by atoms with Gasteiger partial charge in [0.05, 0.1) is 37.7 Å². The van der Waals surface area contributed by atoms with Gasteiger partial charge in [0.2, 0.25) is 0 Å². The van der Waals surface area contributed by atoms with Crippen LogP contribution in [0.3, 0.4) is 0 Å². The lowest BCUT2D eigenvalue weighted by Crippen LogP contribution is -2.44. The molecule has 0 spiro atoms. The summed E-state index contributed by atoms with van der Waals surface area (Å²) < 4.78 is 44.8. The Labute approximate surface area is 201 Å². The molecule has 35 heavy (non-hydrogen) atoms. The second-order valence-electron chi connectivity index (χ2n) is 8.46. The van der Waals surface area contributed by atoms with Crippen LogP contribution in [0.4, 0.5) is 8.78 Å². The molecule has 3 aromatic rings. The summed E-state index contributed by atoms with van der Waals surface area (Å²) in [5.41, 5.74) is 0.200. The number of rotatable bonds is 9. The lowest BCUT2D eigenvalue weighted by Gasteiger charge is -2.27. The Morgan fingerprint density at radius 2 is 1.83 bits per heavy atom. The smallest absolute Gasteiger partial charge is 0.332 e. The Bertz CT molecular complexity index is 1300. The van der Waals surface area contributed by atoms with Gasteiger partial charge < -0.3 is 19.5 Å². The van der Waals surface area contributed by atoms with Crippen molar-refractivity contribution in [2.45, 2.75) is 31.5 Å². The summed E-state index contributed by atoms with van der Waals surface area (Å²) in [6.07, 6.45) is 0.416. The molecule has 1 saturated heterocycles. The summed E-state index contributed by atoms with van der Waals surface area (Å²) in [7, 11) is 3.04. The minimum atomic E-state index is -1.25. The van der Waals surface area contributed by atoms with Crippen LogP contribution in [0.25, 0.3) is 10.9 Å². The molecule has 10 heteroatoms. The van der Waals surface area contributed by atoms with E-state index >= 15 is 0 Å². The highest BCUT2D eigenvalue weighted by Crippen LogP contribution is 2.28.